The molecule has 0 aliphatic carbocycles. The minimum absolute atomic E-state index is 0.242. The highest BCUT2D eigenvalue weighted by Crippen LogP contribution is 2.35. The Balaban J connectivity index is 1.29. The number of ether oxygens (including phenoxy) is 2. The van der Waals surface area contributed by atoms with E-state index in [1.807, 2.05) is 47.3 Å². The van der Waals surface area contributed by atoms with E-state index < -0.39 is 0 Å². The van der Waals surface area contributed by atoms with Gasteiger partial charge in [0.05, 0.1) is 32.4 Å². The van der Waals surface area contributed by atoms with Gasteiger partial charge in [0.15, 0.2) is 17.3 Å². The van der Waals surface area contributed by atoms with Crippen LogP contribution in [-0.4, -0.2) is 35.4 Å². The van der Waals surface area contributed by atoms with Gasteiger partial charge in [-0.15, -0.1) is 0 Å². The zero-order valence-electron chi connectivity index (χ0n) is 21.4. The number of aromatic nitrogens is 2. The van der Waals surface area contributed by atoms with Gasteiger partial charge in [0.25, 0.3) is 0 Å². The van der Waals surface area contributed by atoms with Crippen LogP contribution in [0.5, 0.6) is 11.5 Å². The third kappa shape index (κ3) is 4.57. The first-order valence-corrected chi connectivity index (χ1v) is 12.6. The lowest BCUT2D eigenvalue weighted by molar-refractivity contribution is 0.244. The van der Waals surface area contributed by atoms with Gasteiger partial charge in [-0.1, -0.05) is 24.3 Å². The Morgan fingerprint density at radius 1 is 0.895 bits per heavy atom. The molecule has 0 N–H and O–H groups in total. The number of halogens is 1. The van der Waals surface area contributed by atoms with Gasteiger partial charge < -0.3 is 13.9 Å². The lowest BCUT2D eigenvalue weighted by atomic mass is 9.98. The molecular weight excluding hydrogens is 481 g/mol. The van der Waals surface area contributed by atoms with E-state index in [0.717, 1.165) is 71.4 Å². The Labute approximate surface area is 220 Å². The quantitative estimate of drug-likeness (QED) is 0.250. The number of hydrogen-bond donors (Lipinski definition) is 0. The Morgan fingerprint density at radius 3 is 2.24 bits per heavy atom. The van der Waals surface area contributed by atoms with Gasteiger partial charge in [-0.3, -0.25) is 4.90 Å². The molecule has 0 spiro atoms. The van der Waals surface area contributed by atoms with Crippen LogP contribution >= 0.6 is 0 Å². The molecule has 192 valence electrons. The second-order valence-electron chi connectivity index (χ2n) is 9.40. The summed E-state index contributed by atoms with van der Waals surface area (Å²) in [4.78, 5) is 2.42. The van der Waals surface area contributed by atoms with Crippen LogP contribution in [0, 0.1) is 5.82 Å². The Hall–Kier alpha value is -4.36. The fourth-order valence-corrected chi connectivity index (χ4v) is 5.12. The van der Waals surface area contributed by atoms with Crippen molar-refractivity contribution < 1.29 is 18.3 Å². The highest BCUT2D eigenvalue weighted by molar-refractivity contribution is 5.66. The van der Waals surface area contributed by atoms with Crippen LogP contribution in [0.15, 0.2) is 89.7 Å². The summed E-state index contributed by atoms with van der Waals surface area (Å²) in [6, 6.07) is 22.7. The molecule has 38 heavy (non-hydrogen) atoms. The van der Waals surface area contributed by atoms with Gasteiger partial charge in [0.1, 0.15) is 11.5 Å². The van der Waals surface area contributed by atoms with Crippen molar-refractivity contribution in [1.82, 2.24) is 14.7 Å². The van der Waals surface area contributed by atoms with E-state index in [2.05, 4.69) is 17.0 Å². The van der Waals surface area contributed by atoms with E-state index in [1.165, 1.54) is 23.3 Å². The molecule has 0 bridgehead atoms. The van der Waals surface area contributed by atoms with E-state index in [9.17, 15) is 4.39 Å². The molecule has 2 aromatic heterocycles. The minimum atomic E-state index is -0.242. The summed E-state index contributed by atoms with van der Waals surface area (Å²) in [5, 5.41) is 4.76. The highest BCUT2D eigenvalue weighted by Gasteiger charge is 2.23. The largest absolute Gasteiger partial charge is 0.493 e. The molecule has 3 heterocycles. The Kier molecular flexibility index (Phi) is 6.43. The molecule has 0 unspecified atom stereocenters. The van der Waals surface area contributed by atoms with Crippen LogP contribution in [0.1, 0.15) is 16.7 Å². The zero-order chi connectivity index (χ0) is 26.1. The van der Waals surface area contributed by atoms with Crippen molar-refractivity contribution in [3.05, 3.63) is 108 Å². The fourth-order valence-electron chi connectivity index (χ4n) is 5.12. The van der Waals surface area contributed by atoms with Crippen molar-refractivity contribution in [2.75, 3.05) is 20.8 Å². The second kappa shape index (κ2) is 10.2. The first kappa shape index (κ1) is 24.0. The number of nitrogens with zero attached hydrogens (tertiary/aromatic N) is 3. The summed E-state index contributed by atoms with van der Waals surface area (Å²) in [6.07, 6.45) is 4.55. The molecule has 0 radical (unpaired) electrons. The Bertz CT molecular complexity index is 1540. The standard InChI is InChI=1S/C31H28FN3O3/c1-36-29-16-23-13-14-34(19-24(23)17-30(29)37-2)20-25-18-33-35(31(25)28-4-3-15-38-28)27-11-7-22(8-12-27)21-5-9-26(32)10-6-21/h3-12,15-18H,13-14,19-20H2,1-2H3. The molecule has 6 nitrogen and oxygen atoms in total. The summed E-state index contributed by atoms with van der Waals surface area (Å²) < 4.78 is 32.1. The molecule has 3 aromatic carbocycles. The van der Waals surface area contributed by atoms with Crippen LogP contribution in [0.2, 0.25) is 0 Å². The molecular formula is C31H28FN3O3. The first-order chi connectivity index (χ1) is 18.6. The van der Waals surface area contributed by atoms with Crippen LogP contribution in [0.4, 0.5) is 4.39 Å². The molecule has 6 rings (SSSR count). The van der Waals surface area contributed by atoms with Crippen LogP contribution < -0.4 is 9.47 Å². The van der Waals surface area contributed by atoms with Crippen molar-refractivity contribution in [3.8, 4) is 39.8 Å². The summed E-state index contributed by atoms with van der Waals surface area (Å²) in [5.74, 6) is 2.05. The number of methoxy groups -OCH3 is 2. The maximum Gasteiger partial charge on any atom is 0.161 e. The molecule has 0 saturated carbocycles. The molecule has 0 amide bonds. The smallest absolute Gasteiger partial charge is 0.161 e. The average Bonchev–Trinajstić information content (AvgIpc) is 3.63. The van der Waals surface area contributed by atoms with E-state index in [1.54, 1.807) is 32.6 Å². The van der Waals surface area contributed by atoms with Crippen LogP contribution in [0.25, 0.3) is 28.3 Å². The molecule has 7 heteroatoms. The predicted octanol–water partition coefficient (Wildman–Crippen LogP) is 6.51. The highest BCUT2D eigenvalue weighted by atomic mass is 19.1. The van der Waals surface area contributed by atoms with Gasteiger partial charge in [-0.05, 0) is 77.2 Å². The summed E-state index contributed by atoms with van der Waals surface area (Å²) >= 11 is 0. The topological polar surface area (TPSA) is 52.7 Å². The molecule has 1 aliphatic rings. The number of hydrogen-bond acceptors (Lipinski definition) is 5. The van der Waals surface area contributed by atoms with Crippen molar-refractivity contribution in [2.24, 2.45) is 0 Å². The van der Waals surface area contributed by atoms with E-state index >= 15 is 0 Å². The minimum Gasteiger partial charge on any atom is -0.493 e. The number of benzene rings is 3. The molecule has 1 aliphatic heterocycles. The maximum atomic E-state index is 13.3. The summed E-state index contributed by atoms with van der Waals surface area (Å²) in [5.41, 5.74) is 7.47. The fraction of sp³-hybridized carbons (Fsp3) is 0.194. The van der Waals surface area contributed by atoms with Crippen LogP contribution in [0.3, 0.4) is 0 Å². The number of rotatable bonds is 7. The zero-order valence-corrected chi connectivity index (χ0v) is 21.4. The predicted molar refractivity (Wildman–Crippen MR) is 144 cm³/mol. The van der Waals surface area contributed by atoms with Gasteiger partial charge in [-0.25, -0.2) is 9.07 Å². The SMILES string of the molecule is COc1cc2c(cc1OC)CN(Cc1cnn(-c3ccc(-c4ccc(F)cc4)cc3)c1-c1ccco1)CC2. The Morgan fingerprint density at radius 2 is 1.58 bits per heavy atom. The number of fused-ring (bicyclic) bond motifs is 1. The number of furan rings is 1. The van der Waals surface area contributed by atoms with Crippen molar-refractivity contribution in [2.45, 2.75) is 19.5 Å². The normalized spacial score (nSPS) is 13.3. The van der Waals surface area contributed by atoms with E-state index in [4.69, 9.17) is 19.0 Å². The summed E-state index contributed by atoms with van der Waals surface area (Å²) in [6.45, 7) is 2.47. The molecule has 0 saturated heterocycles. The van der Waals surface area contributed by atoms with Crippen LogP contribution in [-0.2, 0) is 19.5 Å². The molecule has 0 atom stereocenters. The van der Waals surface area contributed by atoms with E-state index in [0.29, 0.717) is 0 Å². The van der Waals surface area contributed by atoms with E-state index in [-0.39, 0.29) is 5.82 Å². The maximum absolute atomic E-state index is 13.3. The average molecular weight is 510 g/mol. The monoisotopic (exact) mass is 509 g/mol. The van der Waals surface area contributed by atoms with Gasteiger partial charge in [0, 0.05) is 25.2 Å². The lowest BCUT2D eigenvalue weighted by Gasteiger charge is -2.29. The van der Waals surface area contributed by atoms with Gasteiger partial charge >= 0.3 is 0 Å². The third-order valence-corrected chi connectivity index (χ3v) is 7.08. The van der Waals surface area contributed by atoms with Crippen molar-refractivity contribution in [1.29, 1.82) is 0 Å². The first-order valence-electron chi connectivity index (χ1n) is 12.6. The summed E-state index contributed by atoms with van der Waals surface area (Å²) in [7, 11) is 3.34. The third-order valence-electron chi connectivity index (χ3n) is 7.08. The molecule has 0 fully saturated rings. The second-order valence-corrected chi connectivity index (χ2v) is 9.40. The van der Waals surface area contributed by atoms with Crippen molar-refractivity contribution >= 4 is 0 Å². The van der Waals surface area contributed by atoms with Gasteiger partial charge in [0.2, 0.25) is 0 Å². The lowest BCUT2D eigenvalue weighted by Crippen LogP contribution is -2.30. The van der Waals surface area contributed by atoms with Gasteiger partial charge in [-0.2, -0.15) is 5.10 Å². The van der Waals surface area contributed by atoms with Crippen molar-refractivity contribution in [3.63, 3.8) is 0 Å². The molecule has 5 aromatic rings.